The Balaban J connectivity index is 3.58. The minimum atomic E-state index is -0.831. The molecule has 0 aromatic rings. The fourth-order valence-electron chi connectivity index (χ4n) is 1.55. The van der Waals surface area contributed by atoms with Gasteiger partial charge in [0.15, 0.2) is 0 Å². The molecule has 1 amide bonds. The molecule has 0 saturated heterocycles. The van der Waals surface area contributed by atoms with Crippen molar-refractivity contribution in [2.24, 2.45) is 11.7 Å². The molecule has 0 rings (SSSR count). The van der Waals surface area contributed by atoms with Crippen molar-refractivity contribution in [1.82, 2.24) is 5.32 Å². The first kappa shape index (κ1) is 15.6. The highest BCUT2D eigenvalue weighted by Crippen LogP contribution is 2.13. The Morgan fingerprint density at radius 3 is 2.62 bits per heavy atom. The molecular formula is C11H24N2O2S. The van der Waals surface area contributed by atoms with E-state index in [1.54, 1.807) is 6.26 Å². The summed E-state index contributed by atoms with van der Waals surface area (Å²) < 4.78 is 10.8. The first-order valence-corrected chi connectivity index (χ1v) is 7.59. The van der Waals surface area contributed by atoms with Crippen molar-refractivity contribution in [2.45, 2.75) is 32.6 Å². The fourth-order valence-corrected chi connectivity index (χ4v) is 1.94. The second kappa shape index (κ2) is 9.78. The highest BCUT2D eigenvalue weighted by atomic mass is 32.2. The van der Waals surface area contributed by atoms with Crippen molar-refractivity contribution >= 4 is 16.7 Å². The Hall–Kier alpha value is -0.420. The van der Waals surface area contributed by atoms with Gasteiger partial charge in [0.1, 0.15) is 0 Å². The summed E-state index contributed by atoms with van der Waals surface area (Å²) in [6.07, 6.45) is 5.15. The number of carbonyl (C=O) groups is 1. The van der Waals surface area contributed by atoms with E-state index < -0.39 is 10.8 Å². The van der Waals surface area contributed by atoms with Crippen LogP contribution in [0, 0.1) is 5.92 Å². The van der Waals surface area contributed by atoms with Gasteiger partial charge in [0.25, 0.3) is 0 Å². The Bertz CT molecular complexity index is 222. The van der Waals surface area contributed by atoms with Gasteiger partial charge in [0.05, 0.1) is 0 Å². The van der Waals surface area contributed by atoms with E-state index in [0.717, 1.165) is 19.3 Å². The van der Waals surface area contributed by atoms with Crippen LogP contribution in [0.3, 0.4) is 0 Å². The molecule has 2 atom stereocenters. The van der Waals surface area contributed by atoms with Gasteiger partial charge in [0, 0.05) is 35.8 Å². The second-order valence-corrected chi connectivity index (χ2v) is 5.57. The van der Waals surface area contributed by atoms with E-state index in [-0.39, 0.29) is 5.91 Å². The topological polar surface area (TPSA) is 72.2 Å². The van der Waals surface area contributed by atoms with E-state index in [4.69, 9.17) is 5.73 Å². The van der Waals surface area contributed by atoms with Crippen molar-refractivity contribution in [3.63, 3.8) is 0 Å². The third-order valence-electron chi connectivity index (χ3n) is 2.64. The van der Waals surface area contributed by atoms with Crippen LogP contribution in [0.25, 0.3) is 0 Å². The molecule has 0 aromatic heterocycles. The maximum absolute atomic E-state index is 11.4. The molecule has 2 unspecified atom stereocenters. The average molecular weight is 248 g/mol. The normalized spacial score (nSPS) is 14.4. The molecule has 0 saturated carbocycles. The molecule has 5 heteroatoms. The third-order valence-corrected chi connectivity index (χ3v) is 3.42. The van der Waals surface area contributed by atoms with E-state index in [0.29, 0.717) is 31.2 Å². The third kappa shape index (κ3) is 8.85. The van der Waals surface area contributed by atoms with Gasteiger partial charge in [-0.15, -0.1) is 0 Å². The second-order valence-electron chi connectivity index (χ2n) is 4.02. The Morgan fingerprint density at radius 2 is 2.12 bits per heavy atom. The number of hydrogen-bond acceptors (Lipinski definition) is 3. The summed E-state index contributed by atoms with van der Waals surface area (Å²) in [5.41, 5.74) is 5.49. The lowest BCUT2D eigenvalue weighted by atomic mass is 9.96. The predicted octanol–water partition coefficient (Wildman–Crippen LogP) is 0.636. The van der Waals surface area contributed by atoms with E-state index >= 15 is 0 Å². The summed E-state index contributed by atoms with van der Waals surface area (Å²) in [5, 5.41) is 2.77. The first-order chi connectivity index (χ1) is 7.60. The van der Waals surface area contributed by atoms with Crippen molar-refractivity contribution in [3.8, 4) is 0 Å². The number of amides is 1. The van der Waals surface area contributed by atoms with E-state index in [1.807, 2.05) is 0 Å². The largest absolute Gasteiger partial charge is 0.355 e. The first-order valence-electron chi connectivity index (χ1n) is 5.86. The van der Waals surface area contributed by atoms with Gasteiger partial charge in [-0.1, -0.05) is 13.3 Å². The van der Waals surface area contributed by atoms with Gasteiger partial charge < -0.3 is 11.1 Å². The summed E-state index contributed by atoms with van der Waals surface area (Å²) >= 11 is 0. The number of carbonyl (C=O) groups excluding carboxylic acids is 1. The van der Waals surface area contributed by atoms with Crippen molar-refractivity contribution in [3.05, 3.63) is 0 Å². The molecule has 0 radical (unpaired) electrons. The van der Waals surface area contributed by atoms with Gasteiger partial charge in [0.2, 0.25) is 5.91 Å². The molecule has 0 aromatic carbocycles. The SMILES string of the molecule is CCC(CCN)CCC(=O)NCCS(C)=O. The smallest absolute Gasteiger partial charge is 0.220 e. The van der Waals surface area contributed by atoms with Crippen LogP contribution in [0.4, 0.5) is 0 Å². The highest BCUT2D eigenvalue weighted by Gasteiger charge is 2.08. The Labute approximate surface area is 101 Å². The summed E-state index contributed by atoms with van der Waals surface area (Å²) in [6.45, 7) is 3.32. The summed E-state index contributed by atoms with van der Waals surface area (Å²) in [5.74, 6) is 1.14. The molecule has 0 spiro atoms. The lowest BCUT2D eigenvalue weighted by Gasteiger charge is -2.12. The van der Waals surface area contributed by atoms with Crippen LogP contribution in [0.1, 0.15) is 32.6 Å². The molecule has 0 fully saturated rings. The van der Waals surface area contributed by atoms with Gasteiger partial charge in [-0.2, -0.15) is 0 Å². The van der Waals surface area contributed by atoms with Crippen LogP contribution in [-0.4, -0.2) is 35.2 Å². The molecule has 0 aliphatic heterocycles. The van der Waals surface area contributed by atoms with Crippen LogP contribution >= 0.6 is 0 Å². The molecule has 0 heterocycles. The van der Waals surface area contributed by atoms with E-state index in [9.17, 15) is 9.00 Å². The predicted molar refractivity (Wildman–Crippen MR) is 68.6 cm³/mol. The molecular weight excluding hydrogens is 224 g/mol. The van der Waals surface area contributed by atoms with Crippen molar-refractivity contribution in [1.29, 1.82) is 0 Å². The van der Waals surface area contributed by atoms with Crippen molar-refractivity contribution in [2.75, 3.05) is 25.1 Å². The molecule has 0 aliphatic rings. The summed E-state index contributed by atoms with van der Waals surface area (Å²) in [7, 11) is -0.831. The van der Waals surface area contributed by atoms with Gasteiger partial charge >= 0.3 is 0 Å². The van der Waals surface area contributed by atoms with Gasteiger partial charge in [-0.3, -0.25) is 9.00 Å². The minimum Gasteiger partial charge on any atom is -0.355 e. The lowest BCUT2D eigenvalue weighted by Crippen LogP contribution is -2.27. The van der Waals surface area contributed by atoms with Crippen LogP contribution in [0.15, 0.2) is 0 Å². The molecule has 0 aliphatic carbocycles. The Kier molecular flexibility index (Phi) is 9.52. The van der Waals surface area contributed by atoms with Crippen LogP contribution in [0.2, 0.25) is 0 Å². The summed E-state index contributed by atoms with van der Waals surface area (Å²) in [6, 6.07) is 0. The fraction of sp³-hybridized carbons (Fsp3) is 0.909. The highest BCUT2D eigenvalue weighted by molar-refractivity contribution is 7.84. The number of nitrogens with two attached hydrogens (primary N) is 1. The average Bonchev–Trinajstić information content (AvgIpc) is 2.23. The van der Waals surface area contributed by atoms with Crippen LogP contribution in [0.5, 0.6) is 0 Å². The minimum absolute atomic E-state index is 0.0564. The van der Waals surface area contributed by atoms with Crippen LogP contribution in [-0.2, 0) is 15.6 Å². The van der Waals surface area contributed by atoms with Gasteiger partial charge in [-0.25, -0.2) is 0 Å². The maximum atomic E-state index is 11.4. The van der Waals surface area contributed by atoms with Crippen LogP contribution < -0.4 is 11.1 Å². The number of hydrogen-bond donors (Lipinski definition) is 2. The van der Waals surface area contributed by atoms with Crippen molar-refractivity contribution < 1.29 is 9.00 Å². The monoisotopic (exact) mass is 248 g/mol. The summed E-state index contributed by atoms with van der Waals surface area (Å²) in [4.78, 5) is 11.4. The molecule has 3 N–H and O–H groups in total. The molecule has 96 valence electrons. The van der Waals surface area contributed by atoms with E-state index in [1.165, 1.54) is 0 Å². The zero-order valence-corrected chi connectivity index (χ0v) is 11.1. The van der Waals surface area contributed by atoms with Gasteiger partial charge in [-0.05, 0) is 25.3 Å². The maximum Gasteiger partial charge on any atom is 0.220 e. The quantitative estimate of drug-likeness (QED) is 0.629. The molecule has 0 bridgehead atoms. The van der Waals surface area contributed by atoms with E-state index in [2.05, 4.69) is 12.2 Å². The lowest BCUT2D eigenvalue weighted by molar-refractivity contribution is -0.121. The molecule has 4 nitrogen and oxygen atoms in total. The number of rotatable bonds is 9. The number of nitrogens with one attached hydrogen (secondary N) is 1. The standard InChI is InChI=1S/C11H24N2O2S/c1-3-10(6-7-12)4-5-11(14)13-8-9-16(2)15/h10H,3-9,12H2,1-2H3,(H,13,14). The molecule has 16 heavy (non-hydrogen) atoms. The zero-order valence-electron chi connectivity index (χ0n) is 10.3. The zero-order chi connectivity index (χ0) is 12.4. The Morgan fingerprint density at radius 1 is 1.44 bits per heavy atom.